The van der Waals surface area contributed by atoms with Gasteiger partial charge in [-0.15, -0.1) is 0 Å². The number of ether oxygens (including phenoxy) is 1. The van der Waals surface area contributed by atoms with Gasteiger partial charge in [-0.2, -0.15) is 0 Å². The zero-order chi connectivity index (χ0) is 26.9. The summed E-state index contributed by atoms with van der Waals surface area (Å²) in [4.78, 5) is 49.7. The lowest BCUT2D eigenvalue weighted by Crippen LogP contribution is -2.54. The van der Waals surface area contributed by atoms with Crippen LogP contribution in [0.25, 0.3) is 11.6 Å². The second kappa shape index (κ2) is 13.5. The van der Waals surface area contributed by atoms with E-state index in [-0.39, 0.29) is 30.0 Å². The van der Waals surface area contributed by atoms with Crippen LogP contribution in [0.5, 0.6) is 0 Å². The van der Waals surface area contributed by atoms with Gasteiger partial charge in [0.1, 0.15) is 11.7 Å². The van der Waals surface area contributed by atoms with Crippen LogP contribution in [0.1, 0.15) is 68.6 Å². The van der Waals surface area contributed by atoms with E-state index < -0.39 is 11.9 Å². The van der Waals surface area contributed by atoms with E-state index in [1.165, 1.54) is 19.3 Å². The average Bonchev–Trinajstić information content (AvgIpc) is 3.36. The van der Waals surface area contributed by atoms with Gasteiger partial charge in [-0.25, -0.2) is 9.78 Å². The molecule has 0 aromatic carbocycles. The molecule has 1 atom stereocenters. The van der Waals surface area contributed by atoms with Crippen molar-refractivity contribution in [1.82, 2.24) is 25.5 Å². The Morgan fingerprint density at radius 3 is 2.55 bits per heavy atom. The number of nitrogens with zero attached hydrogens (tertiary/aromatic N) is 3. The van der Waals surface area contributed by atoms with Crippen LogP contribution < -0.4 is 10.6 Å². The van der Waals surface area contributed by atoms with Crippen LogP contribution in [0.2, 0.25) is 0 Å². The van der Waals surface area contributed by atoms with Crippen molar-refractivity contribution in [3.63, 3.8) is 0 Å². The molecule has 1 unspecified atom stereocenters. The molecule has 4 rings (SSSR count). The zero-order valence-electron chi connectivity index (χ0n) is 22.4. The van der Waals surface area contributed by atoms with E-state index >= 15 is 0 Å². The quantitative estimate of drug-likeness (QED) is 0.454. The van der Waals surface area contributed by atoms with Gasteiger partial charge in [0.15, 0.2) is 5.76 Å². The van der Waals surface area contributed by atoms with Gasteiger partial charge < -0.3 is 24.7 Å². The molecule has 2 fully saturated rings. The molecule has 1 aliphatic carbocycles. The molecule has 2 aromatic heterocycles. The Labute approximate surface area is 223 Å². The lowest BCUT2D eigenvalue weighted by molar-refractivity contribution is -0.123. The fraction of sp³-hybridized carbons (Fsp3) is 0.607. The second-order valence-electron chi connectivity index (χ2n) is 10.6. The molecule has 1 aliphatic heterocycles. The fourth-order valence-electron chi connectivity index (χ4n) is 5.05. The van der Waals surface area contributed by atoms with Crippen LogP contribution >= 0.6 is 0 Å². The number of hydrogen-bond donors (Lipinski definition) is 2. The normalized spacial score (nSPS) is 17.3. The number of amides is 3. The molecule has 2 aliphatic rings. The monoisotopic (exact) mass is 525 g/mol. The summed E-state index contributed by atoms with van der Waals surface area (Å²) >= 11 is 0. The minimum Gasteiger partial charge on any atom is -0.431 e. The number of rotatable bonds is 10. The Kier molecular flexibility index (Phi) is 9.86. The largest absolute Gasteiger partial charge is 0.431 e. The minimum absolute atomic E-state index is 0.170. The molecule has 3 amide bonds. The topological polar surface area (TPSA) is 127 Å². The molecular weight excluding hydrogens is 486 g/mol. The van der Waals surface area contributed by atoms with E-state index in [0.29, 0.717) is 62.3 Å². The van der Waals surface area contributed by atoms with Crippen LogP contribution in [-0.2, 0) is 16.0 Å². The molecule has 38 heavy (non-hydrogen) atoms. The van der Waals surface area contributed by atoms with Crippen molar-refractivity contribution in [2.24, 2.45) is 11.8 Å². The van der Waals surface area contributed by atoms with Crippen LogP contribution in [-0.4, -0.2) is 71.5 Å². The summed E-state index contributed by atoms with van der Waals surface area (Å²) in [6, 6.07) is 4.39. The molecule has 0 radical (unpaired) electrons. The lowest BCUT2D eigenvalue weighted by atomic mass is 9.86. The third kappa shape index (κ3) is 7.63. The van der Waals surface area contributed by atoms with Crippen LogP contribution in [0, 0.1) is 11.8 Å². The summed E-state index contributed by atoms with van der Waals surface area (Å²) in [6.45, 7) is 5.64. The Morgan fingerprint density at radius 1 is 1.11 bits per heavy atom. The number of urea groups is 1. The molecule has 10 nitrogen and oxygen atoms in total. The second-order valence-corrected chi connectivity index (χ2v) is 10.6. The van der Waals surface area contributed by atoms with Gasteiger partial charge in [0, 0.05) is 19.3 Å². The smallest absolute Gasteiger partial charge is 0.318 e. The van der Waals surface area contributed by atoms with Gasteiger partial charge in [-0.1, -0.05) is 52.0 Å². The highest BCUT2D eigenvalue weighted by Crippen LogP contribution is 2.29. The molecule has 2 N–H and O–H groups in total. The molecule has 1 saturated heterocycles. The van der Waals surface area contributed by atoms with Crippen molar-refractivity contribution in [2.75, 3.05) is 32.8 Å². The van der Waals surface area contributed by atoms with Crippen molar-refractivity contribution in [1.29, 1.82) is 0 Å². The molecule has 1 saturated carbocycles. The SMILES string of the molecule is CC(C)CC(NC(=O)N1CCOCC1)C(=O)NCC(=O)c1oc(-c2ccccn2)nc1CC1CCCCC1. The number of aromatic nitrogens is 2. The maximum absolute atomic E-state index is 13.3. The first-order valence-electron chi connectivity index (χ1n) is 13.8. The van der Waals surface area contributed by atoms with Crippen molar-refractivity contribution >= 4 is 17.7 Å². The molecule has 0 bridgehead atoms. The molecule has 3 heterocycles. The maximum atomic E-state index is 13.3. The summed E-state index contributed by atoms with van der Waals surface area (Å²) < 4.78 is 11.2. The lowest BCUT2D eigenvalue weighted by Gasteiger charge is -2.29. The predicted octanol–water partition coefficient (Wildman–Crippen LogP) is 3.61. The Bertz CT molecular complexity index is 1070. The minimum atomic E-state index is -0.751. The highest BCUT2D eigenvalue weighted by atomic mass is 16.5. The van der Waals surface area contributed by atoms with Crippen LogP contribution in [0.3, 0.4) is 0 Å². The highest BCUT2D eigenvalue weighted by molar-refractivity contribution is 5.99. The van der Waals surface area contributed by atoms with Crippen LogP contribution in [0.15, 0.2) is 28.8 Å². The van der Waals surface area contributed by atoms with Gasteiger partial charge in [0.2, 0.25) is 17.6 Å². The van der Waals surface area contributed by atoms with Gasteiger partial charge in [-0.3, -0.25) is 14.6 Å². The first kappa shape index (κ1) is 27.8. The fourth-order valence-corrected chi connectivity index (χ4v) is 5.05. The van der Waals surface area contributed by atoms with E-state index in [4.69, 9.17) is 9.15 Å². The molecule has 2 aromatic rings. The zero-order valence-corrected chi connectivity index (χ0v) is 22.4. The number of carbonyl (C=O) groups excluding carboxylic acids is 3. The average molecular weight is 526 g/mol. The van der Waals surface area contributed by atoms with E-state index in [1.54, 1.807) is 17.2 Å². The number of carbonyl (C=O) groups is 3. The maximum Gasteiger partial charge on any atom is 0.318 e. The van der Waals surface area contributed by atoms with Gasteiger partial charge in [0.05, 0.1) is 25.5 Å². The van der Waals surface area contributed by atoms with E-state index in [2.05, 4.69) is 20.6 Å². The molecule has 206 valence electrons. The van der Waals surface area contributed by atoms with Crippen molar-refractivity contribution < 1.29 is 23.5 Å². The summed E-state index contributed by atoms with van der Waals surface area (Å²) in [5.41, 5.74) is 1.18. The number of ketones is 1. The third-order valence-corrected chi connectivity index (χ3v) is 7.08. The van der Waals surface area contributed by atoms with E-state index in [9.17, 15) is 14.4 Å². The number of hydrogen-bond acceptors (Lipinski definition) is 7. The highest BCUT2D eigenvalue weighted by Gasteiger charge is 2.28. The van der Waals surface area contributed by atoms with Gasteiger partial charge in [-0.05, 0) is 36.8 Å². The van der Waals surface area contributed by atoms with Crippen molar-refractivity contribution in [3.05, 3.63) is 35.9 Å². The van der Waals surface area contributed by atoms with Crippen molar-refractivity contribution in [2.45, 2.75) is 64.8 Å². The molecule has 10 heteroatoms. The Morgan fingerprint density at radius 2 is 1.87 bits per heavy atom. The first-order valence-corrected chi connectivity index (χ1v) is 13.8. The van der Waals surface area contributed by atoms with E-state index in [1.807, 2.05) is 26.0 Å². The summed E-state index contributed by atoms with van der Waals surface area (Å²) in [7, 11) is 0. The first-order chi connectivity index (χ1) is 18.4. The van der Waals surface area contributed by atoms with Crippen molar-refractivity contribution in [3.8, 4) is 11.6 Å². The molecular formula is C28H39N5O5. The number of Topliss-reactive ketones (excluding diaryl/α,β-unsaturated/α-hetero) is 1. The summed E-state index contributed by atoms with van der Waals surface area (Å²) in [6.07, 6.45) is 8.59. The standard InChI is InChI=1S/C28H39N5O5/c1-19(2)16-23(32-28(36)33-12-14-37-15-13-33)26(35)30-18-24(34)25-22(17-20-8-4-3-5-9-20)31-27(38-25)21-10-6-7-11-29-21/h6-7,10-11,19-20,23H,3-5,8-9,12-18H2,1-2H3,(H,30,35)(H,32,36). The predicted molar refractivity (Wildman–Crippen MR) is 142 cm³/mol. The number of oxazole rings is 1. The Balaban J connectivity index is 1.44. The number of pyridine rings is 1. The third-order valence-electron chi connectivity index (χ3n) is 7.08. The Hall–Kier alpha value is -3.27. The number of morpholine rings is 1. The van der Waals surface area contributed by atoms with Gasteiger partial charge >= 0.3 is 6.03 Å². The summed E-state index contributed by atoms with van der Waals surface area (Å²) in [5.74, 6) is 0.366. The van der Waals surface area contributed by atoms with E-state index in [0.717, 1.165) is 12.8 Å². The van der Waals surface area contributed by atoms with Gasteiger partial charge in [0.25, 0.3) is 0 Å². The summed E-state index contributed by atoms with van der Waals surface area (Å²) in [5, 5.41) is 5.56. The van der Waals surface area contributed by atoms with Crippen LogP contribution in [0.4, 0.5) is 4.79 Å². The number of nitrogens with one attached hydrogen (secondary N) is 2. The molecule has 0 spiro atoms.